The van der Waals surface area contributed by atoms with E-state index in [2.05, 4.69) is 15.3 Å². The number of rotatable bonds is 5. The van der Waals surface area contributed by atoms with Crippen molar-refractivity contribution in [1.29, 1.82) is 0 Å². The summed E-state index contributed by atoms with van der Waals surface area (Å²) >= 11 is 6.20. The Labute approximate surface area is 209 Å². The lowest BCUT2D eigenvalue weighted by Gasteiger charge is -2.27. The van der Waals surface area contributed by atoms with Crippen molar-refractivity contribution < 1.29 is 23.1 Å². The first-order valence-corrected chi connectivity index (χ1v) is 11.5. The second kappa shape index (κ2) is 9.96. The minimum absolute atomic E-state index is 0.106. The van der Waals surface area contributed by atoms with Crippen LogP contribution in [-0.2, 0) is 4.74 Å². The predicted octanol–water partition coefficient (Wildman–Crippen LogP) is 4.88. The molecule has 0 unspecified atom stereocenters. The van der Waals surface area contributed by atoms with Crippen LogP contribution in [0.25, 0.3) is 11.0 Å². The van der Waals surface area contributed by atoms with Gasteiger partial charge in [0.2, 0.25) is 0 Å². The summed E-state index contributed by atoms with van der Waals surface area (Å²) in [5.74, 6) is -2.15. The van der Waals surface area contributed by atoms with Gasteiger partial charge in [-0.05, 0) is 54.6 Å². The molecule has 4 aromatic rings. The average Bonchev–Trinajstić information content (AvgIpc) is 2.90. The molecule has 182 valence electrons. The van der Waals surface area contributed by atoms with Gasteiger partial charge >= 0.3 is 0 Å². The zero-order chi connectivity index (χ0) is 25.2. The number of nitrogens with one attached hydrogen (secondary N) is 1. The molecule has 0 bridgehead atoms. The van der Waals surface area contributed by atoms with Crippen LogP contribution < -0.4 is 10.2 Å². The topological polar surface area (TPSA) is 84.4 Å². The molecule has 36 heavy (non-hydrogen) atoms. The van der Waals surface area contributed by atoms with Crippen LogP contribution >= 0.6 is 11.6 Å². The maximum Gasteiger partial charge on any atom is 0.255 e. The second-order valence-electron chi connectivity index (χ2n) is 8.11. The zero-order valence-electron chi connectivity index (χ0n) is 18.8. The lowest BCUT2D eigenvalue weighted by molar-refractivity contribution is 0.101. The molecule has 1 aliphatic heterocycles. The number of benzene rings is 3. The zero-order valence-corrected chi connectivity index (χ0v) is 19.6. The van der Waals surface area contributed by atoms with Crippen molar-refractivity contribution >= 4 is 45.8 Å². The average molecular weight is 509 g/mol. The highest BCUT2D eigenvalue weighted by Gasteiger charge is 2.23. The number of carbonyl (C=O) groups excluding carboxylic acids is 2. The molecular formula is C26H19ClF2N4O3. The quantitative estimate of drug-likeness (QED) is 0.387. The van der Waals surface area contributed by atoms with Crippen LogP contribution in [0, 0.1) is 11.6 Å². The van der Waals surface area contributed by atoms with Crippen molar-refractivity contribution in [1.82, 2.24) is 9.97 Å². The number of ketones is 1. The molecule has 3 aromatic carbocycles. The van der Waals surface area contributed by atoms with E-state index in [9.17, 15) is 14.0 Å². The molecule has 1 N–H and O–H groups in total. The number of carbonyl (C=O) groups is 2. The summed E-state index contributed by atoms with van der Waals surface area (Å²) in [4.78, 5) is 36.9. The van der Waals surface area contributed by atoms with Crippen LogP contribution in [-0.4, -0.2) is 48.0 Å². The number of nitrogens with zero attached hydrogens (tertiary/aromatic N) is 3. The summed E-state index contributed by atoms with van der Waals surface area (Å²) < 4.78 is 33.9. The molecule has 0 aliphatic carbocycles. The molecule has 1 amide bonds. The van der Waals surface area contributed by atoms with Crippen molar-refractivity contribution in [3.63, 3.8) is 0 Å². The van der Waals surface area contributed by atoms with E-state index in [1.165, 1.54) is 36.4 Å². The Morgan fingerprint density at radius 3 is 2.42 bits per heavy atom. The first kappa shape index (κ1) is 23.8. The third kappa shape index (κ3) is 4.75. The number of aromatic nitrogens is 2. The molecule has 0 spiro atoms. The van der Waals surface area contributed by atoms with Gasteiger partial charge < -0.3 is 15.0 Å². The molecule has 2 heterocycles. The Hall–Kier alpha value is -3.95. The van der Waals surface area contributed by atoms with Crippen molar-refractivity contribution in [3.8, 4) is 0 Å². The number of amides is 1. The van der Waals surface area contributed by atoms with Crippen LogP contribution in [0.5, 0.6) is 0 Å². The predicted molar refractivity (Wildman–Crippen MR) is 132 cm³/mol. The van der Waals surface area contributed by atoms with E-state index < -0.39 is 23.3 Å². The van der Waals surface area contributed by atoms with Gasteiger partial charge in [0.05, 0.1) is 46.7 Å². The Bertz CT molecular complexity index is 1470. The van der Waals surface area contributed by atoms with Gasteiger partial charge in [0, 0.05) is 24.2 Å². The normalized spacial score (nSPS) is 13.6. The van der Waals surface area contributed by atoms with E-state index in [4.69, 9.17) is 16.3 Å². The van der Waals surface area contributed by atoms with Crippen LogP contribution in [0.3, 0.4) is 0 Å². The van der Waals surface area contributed by atoms with Gasteiger partial charge in [-0.2, -0.15) is 0 Å². The molecule has 7 nitrogen and oxygen atoms in total. The van der Waals surface area contributed by atoms with Gasteiger partial charge in [0.15, 0.2) is 11.6 Å². The summed E-state index contributed by atoms with van der Waals surface area (Å²) in [6.07, 6.45) is 1.67. The molecule has 1 saturated heterocycles. The molecular weight excluding hydrogens is 490 g/mol. The van der Waals surface area contributed by atoms with Gasteiger partial charge in [-0.1, -0.05) is 11.6 Å². The second-order valence-corrected chi connectivity index (χ2v) is 8.51. The van der Waals surface area contributed by atoms with E-state index in [1.54, 1.807) is 12.3 Å². The van der Waals surface area contributed by atoms with Gasteiger partial charge in [0.25, 0.3) is 5.91 Å². The molecule has 1 aliphatic rings. The highest BCUT2D eigenvalue weighted by Crippen LogP contribution is 2.29. The number of hydrogen-bond donors (Lipinski definition) is 1. The fourth-order valence-corrected chi connectivity index (χ4v) is 4.12. The standard InChI is InChI=1S/C26H19ClF2N4O3/c27-18-6-8-20(32-26(35)15-1-4-17(28)5-2-15)24(29)23(18)25(34)16-3-7-19-21(13-16)31-22(14-30-19)33-9-11-36-12-10-33/h1-8,13-14H,9-12H2,(H,32,35). The fourth-order valence-electron chi connectivity index (χ4n) is 3.89. The SMILES string of the molecule is O=C(Nc1ccc(Cl)c(C(=O)c2ccc3ncc(N4CCOCC4)nc3c2)c1F)c1ccc(F)cc1. The number of anilines is 2. The third-order valence-corrected chi connectivity index (χ3v) is 6.11. The van der Waals surface area contributed by atoms with Crippen LogP contribution in [0.4, 0.5) is 20.3 Å². The van der Waals surface area contributed by atoms with Gasteiger partial charge in [-0.15, -0.1) is 0 Å². The van der Waals surface area contributed by atoms with Crippen molar-refractivity contribution in [2.45, 2.75) is 0 Å². The fraction of sp³-hybridized carbons (Fsp3) is 0.154. The molecule has 1 aromatic heterocycles. The van der Waals surface area contributed by atoms with E-state index in [1.807, 2.05) is 4.90 Å². The Kier molecular flexibility index (Phi) is 6.58. The van der Waals surface area contributed by atoms with Crippen LogP contribution in [0.15, 0.2) is 60.8 Å². The van der Waals surface area contributed by atoms with Gasteiger partial charge in [-0.25, -0.2) is 13.8 Å². The van der Waals surface area contributed by atoms with Gasteiger partial charge in [0.1, 0.15) is 11.6 Å². The first-order valence-electron chi connectivity index (χ1n) is 11.1. The highest BCUT2D eigenvalue weighted by atomic mass is 35.5. The molecule has 1 fully saturated rings. The summed E-state index contributed by atoms with van der Waals surface area (Å²) in [6.45, 7) is 2.53. The maximum absolute atomic E-state index is 15.4. The number of morpholine rings is 1. The van der Waals surface area contributed by atoms with Crippen molar-refractivity contribution in [2.24, 2.45) is 0 Å². The molecule has 0 atom stereocenters. The largest absolute Gasteiger partial charge is 0.378 e. The molecule has 5 rings (SSSR count). The minimum Gasteiger partial charge on any atom is -0.378 e. The first-order chi connectivity index (χ1) is 17.4. The molecule has 10 heteroatoms. The smallest absolute Gasteiger partial charge is 0.255 e. The Morgan fingerprint density at radius 2 is 1.67 bits per heavy atom. The lowest BCUT2D eigenvalue weighted by atomic mass is 10.0. The van der Waals surface area contributed by atoms with Gasteiger partial charge in [-0.3, -0.25) is 14.6 Å². The van der Waals surface area contributed by atoms with Crippen molar-refractivity contribution in [3.05, 3.63) is 94.1 Å². The summed E-state index contributed by atoms with van der Waals surface area (Å²) in [5.41, 5.74) is 0.733. The Balaban J connectivity index is 1.45. The lowest BCUT2D eigenvalue weighted by Crippen LogP contribution is -2.36. The van der Waals surface area contributed by atoms with E-state index in [-0.39, 0.29) is 27.4 Å². The number of ether oxygens (including phenoxy) is 1. The monoisotopic (exact) mass is 508 g/mol. The number of fused-ring (bicyclic) bond motifs is 1. The highest BCUT2D eigenvalue weighted by molar-refractivity contribution is 6.35. The Morgan fingerprint density at radius 1 is 0.944 bits per heavy atom. The molecule has 0 radical (unpaired) electrons. The van der Waals surface area contributed by atoms with Crippen LogP contribution in [0.1, 0.15) is 26.3 Å². The number of hydrogen-bond acceptors (Lipinski definition) is 6. The summed E-state index contributed by atoms with van der Waals surface area (Å²) in [6, 6.07) is 12.1. The summed E-state index contributed by atoms with van der Waals surface area (Å²) in [5, 5.41) is 2.30. The molecule has 0 saturated carbocycles. The third-order valence-electron chi connectivity index (χ3n) is 5.80. The van der Waals surface area contributed by atoms with E-state index in [0.717, 1.165) is 12.1 Å². The summed E-state index contributed by atoms with van der Waals surface area (Å²) in [7, 11) is 0. The van der Waals surface area contributed by atoms with Crippen LogP contribution in [0.2, 0.25) is 5.02 Å². The number of halogens is 3. The maximum atomic E-state index is 15.4. The van der Waals surface area contributed by atoms with Crippen molar-refractivity contribution in [2.75, 3.05) is 36.5 Å². The van der Waals surface area contributed by atoms with E-state index >= 15 is 4.39 Å². The van der Waals surface area contributed by atoms with E-state index in [0.29, 0.717) is 43.2 Å². The minimum atomic E-state index is -0.976.